The molecular formula is CH7N3O. The minimum atomic E-state index is 0.250. The van der Waals surface area contributed by atoms with Gasteiger partial charge in [-0.1, -0.05) is 5.59 Å². The van der Waals surface area contributed by atoms with E-state index in [0.717, 1.165) is 0 Å². The van der Waals surface area contributed by atoms with Crippen LogP contribution in [0.4, 0.5) is 0 Å². The highest BCUT2D eigenvalue weighted by Crippen LogP contribution is 0.861. The van der Waals surface area contributed by atoms with E-state index in [-0.39, 0.29) is 6.67 Å². The summed E-state index contributed by atoms with van der Waals surface area (Å²) in [6.45, 7) is 0.250. The number of nitroso groups, excluding NO2 is 1. The van der Waals surface area contributed by atoms with Gasteiger partial charge >= 0.3 is 0 Å². The van der Waals surface area contributed by atoms with E-state index < -0.39 is 0 Å². The third-order valence-electron chi connectivity index (χ3n) is 0. The van der Waals surface area contributed by atoms with Crippen molar-refractivity contribution < 1.29 is 0 Å². The topological polar surface area (TPSA) is 93.0 Å². The molecule has 0 fully saturated rings. The highest BCUT2D eigenvalue weighted by Gasteiger charge is 1.29. The highest BCUT2D eigenvalue weighted by atomic mass is 16.2. The molecule has 0 aliphatic carbocycles. The van der Waals surface area contributed by atoms with Crippen molar-refractivity contribution in [3.8, 4) is 0 Å². The SMILES string of the molecule is N=O.NCN. The summed E-state index contributed by atoms with van der Waals surface area (Å²) in [5, 5.41) is 0. The molecule has 0 saturated heterocycles. The van der Waals surface area contributed by atoms with Gasteiger partial charge in [-0.2, -0.15) is 4.91 Å². The fraction of sp³-hybridized carbons (Fsp3) is 1.00. The first-order valence-corrected chi connectivity index (χ1v) is 1.02. The van der Waals surface area contributed by atoms with Crippen LogP contribution in [0.3, 0.4) is 0 Å². The van der Waals surface area contributed by atoms with E-state index in [1.807, 2.05) is 0 Å². The minimum absolute atomic E-state index is 0.250. The van der Waals surface area contributed by atoms with Gasteiger partial charge < -0.3 is 11.5 Å². The zero-order valence-corrected chi connectivity index (χ0v) is 2.77. The summed E-state index contributed by atoms with van der Waals surface area (Å²) in [5.74, 6) is 0. The second-order valence-electron chi connectivity index (χ2n) is 0.236. The second-order valence-corrected chi connectivity index (χ2v) is 0.236. The van der Waals surface area contributed by atoms with E-state index in [1.165, 1.54) is 0 Å². The van der Waals surface area contributed by atoms with Crippen molar-refractivity contribution in [3.05, 3.63) is 4.91 Å². The van der Waals surface area contributed by atoms with Crippen LogP contribution in [0, 0.1) is 10.5 Å². The Kier molecular flexibility index (Phi) is 146. The Bertz CT molecular complexity index is 10.9. The van der Waals surface area contributed by atoms with Crippen LogP contribution in [-0.2, 0) is 0 Å². The number of nitrogens with two attached hydrogens (primary N) is 2. The minimum Gasteiger partial charge on any atom is -0.319 e. The molecule has 0 saturated carbocycles. The Hall–Kier alpha value is -0.480. The Balaban J connectivity index is 0. The van der Waals surface area contributed by atoms with Crippen LogP contribution >= 0.6 is 0 Å². The molecule has 5 heavy (non-hydrogen) atoms. The van der Waals surface area contributed by atoms with Crippen LogP contribution in [0.25, 0.3) is 0 Å². The van der Waals surface area contributed by atoms with Gasteiger partial charge in [-0.05, 0) is 0 Å². The number of hydrogen-bond acceptors (Lipinski definition) is 4. The molecule has 0 atom stereocenters. The Morgan fingerprint density at radius 1 is 1.40 bits per heavy atom. The van der Waals surface area contributed by atoms with E-state index >= 15 is 0 Å². The van der Waals surface area contributed by atoms with Crippen LogP contribution in [-0.4, -0.2) is 6.67 Å². The molecule has 0 aromatic heterocycles. The molecule has 0 radical (unpaired) electrons. The van der Waals surface area contributed by atoms with E-state index in [0.29, 0.717) is 0 Å². The summed E-state index contributed by atoms with van der Waals surface area (Å²) in [4.78, 5) is 7.50. The lowest BCUT2D eigenvalue weighted by Gasteiger charge is -1.56. The molecule has 4 nitrogen and oxygen atoms in total. The van der Waals surface area contributed by atoms with Gasteiger partial charge in [-0.25, -0.2) is 0 Å². The molecule has 0 aromatic rings. The zero-order chi connectivity index (χ0) is 4.71. The smallest absolute Gasteiger partial charge is 0.0403 e. The maximum Gasteiger partial charge on any atom is 0.0403 e. The molecule has 0 aliphatic heterocycles. The molecule has 0 heterocycles. The molecule has 0 bridgehead atoms. The normalized spacial score (nSPS) is 4.40. The molecule has 32 valence electrons. The Morgan fingerprint density at radius 3 is 1.40 bits per heavy atom. The first-order chi connectivity index (χ1) is 2.41. The molecule has 0 aliphatic rings. The first-order valence-electron chi connectivity index (χ1n) is 1.02. The molecule has 4 heteroatoms. The Labute approximate surface area is 29.9 Å². The first kappa shape index (κ1) is 8.82. The monoisotopic (exact) mass is 77.1 g/mol. The molecule has 0 aromatic carbocycles. The van der Waals surface area contributed by atoms with E-state index in [1.54, 1.807) is 0 Å². The van der Waals surface area contributed by atoms with Gasteiger partial charge in [0.2, 0.25) is 0 Å². The summed E-state index contributed by atoms with van der Waals surface area (Å²) in [6, 6.07) is 0. The van der Waals surface area contributed by atoms with Gasteiger partial charge in [0.05, 0.1) is 0 Å². The number of rotatable bonds is 0. The number of hydrogen-bond donors (Lipinski definition) is 3. The summed E-state index contributed by atoms with van der Waals surface area (Å²) in [5.41, 5.74) is 13.8. The predicted octanol–water partition coefficient (Wildman–Crippen LogP) is -0.807. The largest absolute Gasteiger partial charge is 0.319 e. The van der Waals surface area contributed by atoms with Gasteiger partial charge in [0.1, 0.15) is 0 Å². The fourth-order valence-corrected chi connectivity index (χ4v) is 0. The summed E-state index contributed by atoms with van der Waals surface area (Å²) in [6.07, 6.45) is 0. The third kappa shape index (κ3) is 35.3. The maximum absolute atomic E-state index is 7.50. The van der Waals surface area contributed by atoms with Crippen LogP contribution < -0.4 is 11.5 Å². The van der Waals surface area contributed by atoms with Crippen molar-refractivity contribution in [1.29, 1.82) is 5.59 Å². The van der Waals surface area contributed by atoms with Crippen LogP contribution in [0.5, 0.6) is 0 Å². The van der Waals surface area contributed by atoms with Gasteiger partial charge in [-0.15, -0.1) is 0 Å². The molecule has 0 spiro atoms. The third-order valence-corrected chi connectivity index (χ3v) is 0. The molecular weight excluding hydrogens is 70.0 g/mol. The van der Waals surface area contributed by atoms with E-state index in [2.05, 4.69) is 17.1 Å². The molecule has 5 N–H and O–H groups in total. The quantitative estimate of drug-likeness (QED) is 0.261. The van der Waals surface area contributed by atoms with Gasteiger partial charge in [-0.3, -0.25) is 0 Å². The summed E-state index contributed by atoms with van der Waals surface area (Å²) < 4.78 is 0. The summed E-state index contributed by atoms with van der Waals surface area (Å²) >= 11 is 0. The van der Waals surface area contributed by atoms with Crippen molar-refractivity contribution in [3.63, 3.8) is 0 Å². The van der Waals surface area contributed by atoms with Gasteiger partial charge in [0, 0.05) is 6.67 Å². The predicted molar refractivity (Wildman–Crippen MR) is 19.3 cm³/mol. The Morgan fingerprint density at radius 2 is 1.40 bits per heavy atom. The average molecular weight is 77.1 g/mol. The van der Waals surface area contributed by atoms with Crippen molar-refractivity contribution in [2.45, 2.75) is 0 Å². The zero-order valence-electron chi connectivity index (χ0n) is 2.77. The van der Waals surface area contributed by atoms with Crippen LogP contribution in [0.2, 0.25) is 0 Å². The van der Waals surface area contributed by atoms with Crippen molar-refractivity contribution >= 4 is 0 Å². The lowest BCUT2D eigenvalue weighted by atomic mass is 11.3. The second kappa shape index (κ2) is 82.7. The maximum atomic E-state index is 7.50. The van der Waals surface area contributed by atoms with Crippen molar-refractivity contribution in [2.75, 3.05) is 6.67 Å². The van der Waals surface area contributed by atoms with E-state index in [9.17, 15) is 0 Å². The molecule has 0 unspecified atom stereocenters. The highest BCUT2D eigenvalue weighted by molar-refractivity contribution is 3.94. The van der Waals surface area contributed by atoms with Gasteiger partial charge in [0.15, 0.2) is 0 Å². The van der Waals surface area contributed by atoms with Crippen molar-refractivity contribution in [1.82, 2.24) is 0 Å². The average Bonchev–Trinajstić information content (AvgIpc) is 1.46. The van der Waals surface area contributed by atoms with E-state index in [4.69, 9.17) is 4.91 Å². The molecule has 0 rings (SSSR count). The van der Waals surface area contributed by atoms with Crippen LogP contribution in [0.1, 0.15) is 0 Å². The fourth-order valence-electron chi connectivity index (χ4n) is 0. The molecule has 0 amide bonds. The standard InChI is InChI=1S/CH6N2.HNO/c2-1-3;1-2/h1-3H2;1H. The van der Waals surface area contributed by atoms with Gasteiger partial charge in [0.25, 0.3) is 0 Å². The number of nitrogens with one attached hydrogen (secondary N) is 1. The van der Waals surface area contributed by atoms with Crippen molar-refractivity contribution in [2.24, 2.45) is 11.5 Å². The lowest BCUT2D eigenvalue weighted by Crippen LogP contribution is -2.08. The lowest BCUT2D eigenvalue weighted by molar-refractivity contribution is 1.07. The summed E-state index contributed by atoms with van der Waals surface area (Å²) in [7, 11) is 0. The van der Waals surface area contributed by atoms with Crippen LogP contribution in [0.15, 0.2) is 0 Å².